The normalized spacial score (nSPS) is 10.0. The van der Waals surface area contributed by atoms with Crippen molar-refractivity contribution < 1.29 is 0 Å². The average molecular weight is 224 g/mol. The Balaban J connectivity index is 2.76. The van der Waals surface area contributed by atoms with E-state index in [4.69, 9.17) is 11.1 Å². The topological polar surface area (TPSA) is 66.0 Å². The lowest BCUT2D eigenvalue weighted by atomic mass is 10.3. The molecule has 0 saturated heterocycles. The standard InChI is InChI=1S/C10H16N4S/c1-14(6-7-15-2)9-5-3-4-8(13-9)10(11)12/h3-5H,6-7H2,1-2H3,(H3,11,12). The molecule has 0 spiro atoms. The van der Waals surface area contributed by atoms with Gasteiger partial charge in [0.05, 0.1) is 0 Å². The predicted octanol–water partition coefficient (Wildman–Crippen LogP) is 1.16. The molecule has 1 rings (SSSR count). The lowest BCUT2D eigenvalue weighted by Gasteiger charge is -2.17. The van der Waals surface area contributed by atoms with Crippen LogP contribution in [-0.4, -0.2) is 36.4 Å². The largest absolute Gasteiger partial charge is 0.382 e. The van der Waals surface area contributed by atoms with Crippen LogP contribution in [0, 0.1) is 5.41 Å². The molecule has 0 unspecified atom stereocenters. The Hall–Kier alpha value is -1.23. The zero-order valence-electron chi connectivity index (χ0n) is 9.03. The monoisotopic (exact) mass is 224 g/mol. The van der Waals surface area contributed by atoms with E-state index in [9.17, 15) is 0 Å². The van der Waals surface area contributed by atoms with Gasteiger partial charge >= 0.3 is 0 Å². The van der Waals surface area contributed by atoms with E-state index in [1.807, 2.05) is 19.2 Å². The number of hydrogen-bond acceptors (Lipinski definition) is 4. The van der Waals surface area contributed by atoms with Crippen LogP contribution >= 0.6 is 11.8 Å². The Morgan fingerprint density at radius 1 is 1.60 bits per heavy atom. The summed E-state index contributed by atoms with van der Waals surface area (Å²) < 4.78 is 0. The van der Waals surface area contributed by atoms with Crippen LogP contribution in [0.5, 0.6) is 0 Å². The van der Waals surface area contributed by atoms with Gasteiger partial charge in [0.2, 0.25) is 0 Å². The van der Waals surface area contributed by atoms with E-state index >= 15 is 0 Å². The van der Waals surface area contributed by atoms with Crippen LogP contribution in [0.1, 0.15) is 5.69 Å². The number of anilines is 1. The molecule has 3 N–H and O–H groups in total. The SMILES string of the molecule is CSCCN(C)c1cccc(C(=N)N)n1. The van der Waals surface area contributed by atoms with E-state index in [0.717, 1.165) is 18.1 Å². The quantitative estimate of drug-likeness (QED) is 0.582. The van der Waals surface area contributed by atoms with Gasteiger partial charge in [-0.2, -0.15) is 11.8 Å². The highest BCUT2D eigenvalue weighted by molar-refractivity contribution is 7.98. The first kappa shape index (κ1) is 11.8. The fourth-order valence-corrected chi connectivity index (χ4v) is 1.59. The maximum atomic E-state index is 7.30. The van der Waals surface area contributed by atoms with Crippen molar-refractivity contribution in [2.75, 3.05) is 30.5 Å². The van der Waals surface area contributed by atoms with Crippen molar-refractivity contribution in [2.24, 2.45) is 5.73 Å². The van der Waals surface area contributed by atoms with Crippen molar-refractivity contribution >= 4 is 23.4 Å². The predicted molar refractivity (Wildman–Crippen MR) is 66.9 cm³/mol. The van der Waals surface area contributed by atoms with Gasteiger partial charge in [-0.1, -0.05) is 6.07 Å². The summed E-state index contributed by atoms with van der Waals surface area (Å²) in [6.07, 6.45) is 2.08. The number of nitrogens with zero attached hydrogens (tertiary/aromatic N) is 2. The van der Waals surface area contributed by atoms with Crippen LogP contribution in [0.3, 0.4) is 0 Å². The second kappa shape index (κ2) is 5.60. The molecule has 0 amide bonds. The van der Waals surface area contributed by atoms with Gasteiger partial charge < -0.3 is 10.6 Å². The molecular formula is C10H16N4S. The molecule has 0 aliphatic carbocycles. The first-order valence-corrected chi connectivity index (χ1v) is 6.06. The molecule has 0 aliphatic rings. The third-order valence-electron chi connectivity index (χ3n) is 2.03. The van der Waals surface area contributed by atoms with E-state index in [0.29, 0.717) is 5.69 Å². The molecule has 1 heterocycles. The molecule has 5 heteroatoms. The molecule has 1 aromatic rings. The number of nitrogens with one attached hydrogen (secondary N) is 1. The minimum atomic E-state index is 0.00937. The molecule has 82 valence electrons. The van der Waals surface area contributed by atoms with Crippen LogP contribution in [0.2, 0.25) is 0 Å². The molecule has 0 aromatic carbocycles. The van der Waals surface area contributed by atoms with E-state index in [1.54, 1.807) is 17.8 Å². The Labute approximate surface area is 94.4 Å². The fraction of sp³-hybridized carbons (Fsp3) is 0.400. The minimum absolute atomic E-state index is 0.00937. The van der Waals surface area contributed by atoms with Crippen molar-refractivity contribution in [3.05, 3.63) is 23.9 Å². The maximum Gasteiger partial charge on any atom is 0.141 e. The van der Waals surface area contributed by atoms with Crippen LogP contribution in [0.4, 0.5) is 5.82 Å². The van der Waals surface area contributed by atoms with Crippen LogP contribution in [0.25, 0.3) is 0 Å². The Morgan fingerprint density at radius 2 is 2.33 bits per heavy atom. The van der Waals surface area contributed by atoms with Gasteiger partial charge in [0.15, 0.2) is 0 Å². The lowest BCUT2D eigenvalue weighted by Crippen LogP contribution is -2.23. The van der Waals surface area contributed by atoms with Gasteiger partial charge in [-0.15, -0.1) is 0 Å². The Morgan fingerprint density at radius 3 is 2.93 bits per heavy atom. The molecule has 0 atom stereocenters. The molecule has 1 aromatic heterocycles. The minimum Gasteiger partial charge on any atom is -0.382 e. The number of rotatable bonds is 5. The molecular weight excluding hydrogens is 208 g/mol. The molecule has 0 aliphatic heterocycles. The molecule has 15 heavy (non-hydrogen) atoms. The van der Waals surface area contributed by atoms with Crippen LogP contribution in [0.15, 0.2) is 18.2 Å². The van der Waals surface area contributed by atoms with Crippen molar-refractivity contribution in [1.82, 2.24) is 4.98 Å². The first-order chi connectivity index (χ1) is 7.15. The summed E-state index contributed by atoms with van der Waals surface area (Å²) in [4.78, 5) is 6.35. The van der Waals surface area contributed by atoms with Crippen molar-refractivity contribution in [2.45, 2.75) is 0 Å². The van der Waals surface area contributed by atoms with Gasteiger partial charge in [0, 0.05) is 19.3 Å². The van der Waals surface area contributed by atoms with Gasteiger partial charge in [-0.3, -0.25) is 5.41 Å². The summed E-state index contributed by atoms with van der Waals surface area (Å²) in [6.45, 7) is 0.940. The Kier molecular flexibility index (Phi) is 4.42. The van der Waals surface area contributed by atoms with Crippen molar-refractivity contribution in [3.63, 3.8) is 0 Å². The number of thioether (sulfide) groups is 1. The summed E-state index contributed by atoms with van der Waals surface area (Å²) in [7, 11) is 1.99. The van der Waals surface area contributed by atoms with E-state index in [2.05, 4.69) is 16.1 Å². The smallest absolute Gasteiger partial charge is 0.141 e. The first-order valence-electron chi connectivity index (χ1n) is 4.66. The number of amidine groups is 1. The van der Waals surface area contributed by atoms with E-state index in [-0.39, 0.29) is 5.84 Å². The number of nitrogens with two attached hydrogens (primary N) is 1. The molecule has 0 radical (unpaired) electrons. The second-order valence-corrected chi connectivity index (χ2v) is 4.19. The highest BCUT2D eigenvalue weighted by atomic mass is 32.2. The maximum absolute atomic E-state index is 7.30. The van der Waals surface area contributed by atoms with Crippen molar-refractivity contribution in [3.8, 4) is 0 Å². The van der Waals surface area contributed by atoms with Crippen LogP contribution < -0.4 is 10.6 Å². The van der Waals surface area contributed by atoms with Gasteiger partial charge in [0.1, 0.15) is 17.3 Å². The van der Waals surface area contributed by atoms with E-state index < -0.39 is 0 Å². The highest BCUT2D eigenvalue weighted by Crippen LogP contribution is 2.09. The summed E-state index contributed by atoms with van der Waals surface area (Å²) in [5, 5.41) is 7.30. The van der Waals surface area contributed by atoms with Crippen molar-refractivity contribution in [1.29, 1.82) is 5.41 Å². The lowest BCUT2D eigenvalue weighted by molar-refractivity contribution is 0.944. The molecule has 0 saturated carbocycles. The fourth-order valence-electron chi connectivity index (χ4n) is 1.13. The number of pyridine rings is 1. The summed E-state index contributed by atoms with van der Waals surface area (Å²) in [6, 6.07) is 5.54. The van der Waals surface area contributed by atoms with Gasteiger partial charge in [-0.05, 0) is 18.4 Å². The summed E-state index contributed by atoms with van der Waals surface area (Å²) >= 11 is 1.80. The average Bonchev–Trinajstić information content (AvgIpc) is 2.26. The van der Waals surface area contributed by atoms with Crippen LogP contribution in [-0.2, 0) is 0 Å². The third-order valence-corrected chi connectivity index (χ3v) is 2.62. The Bertz CT molecular complexity index is 340. The summed E-state index contributed by atoms with van der Waals surface area (Å²) in [5.41, 5.74) is 5.91. The number of hydrogen-bond donors (Lipinski definition) is 2. The van der Waals surface area contributed by atoms with Gasteiger partial charge in [-0.25, -0.2) is 4.98 Å². The molecule has 0 bridgehead atoms. The number of nitrogen functional groups attached to an aromatic ring is 1. The molecule has 0 fully saturated rings. The zero-order chi connectivity index (χ0) is 11.3. The highest BCUT2D eigenvalue weighted by Gasteiger charge is 2.04. The second-order valence-electron chi connectivity index (χ2n) is 3.21. The number of aromatic nitrogens is 1. The third kappa shape index (κ3) is 3.43. The zero-order valence-corrected chi connectivity index (χ0v) is 9.84. The van der Waals surface area contributed by atoms with Gasteiger partial charge in [0.25, 0.3) is 0 Å². The summed E-state index contributed by atoms with van der Waals surface area (Å²) in [5.74, 6) is 1.93. The van der Waals surface area contributed by atoms with E-state index in [1.165, 1.54) is 0 Å². The molecule has 4 nitrogen and oxygen atoms in total.